The molecule has 0 fully saturated rings. The van der Waals surface area contributed by atoms with Crippen molar-refractivity contribution >= 4 is 55.2 Å². The van der Waals surface area contributed by atoms with Crippen LogP contribution in [0.15, 0.2) is 84.6 Å². The molecular formula is C34H31Br2FN2O6S. The minimum atomic E-state index is -0.842. The molecule has 0 spiro atoms. The zero-order chi connectivity index (χ0) is 33.1. The molecule has 12 heteroatoms. The van der Waals surface area contributed by atoms with Gasteiger partial charge in [0.1, 0.15) is 18.2 Å². The number of rotatable bonds is 10. The predicted octanol–water partition coefficient (Wildman–Crippen LogP) is 6.84. The van der Waals surface area contributed by atoms with E-state index in [0.717, 1.165) is 4.47 Å². The Labute approximate surface area is 286 Å². The fourth-order valence-corrected chi connectivity index (χ4v) is 7.47. The van der Waals surface area contributed by atoms with E-state index < -0.39 is 12.0 Å². The molecular weight excluding hydrogens is 743 g/mol. The van der Waals surface area contributed by atoms with Crippen molar-refractivity contribution < 1.29 is 28.1 Å². The number of hydrogen-bond donors (Lipinski definition) is 0. The smallest absolute Gasteiger partial charge is 0.338 e. The molecule has 0 saturated heterocycles. The summed E-state index contributed by atoms with van der Waals surface area (Å²) in [4.78, 5) is 32.7. The molecule has 46 heavy (non-hydrogen) atoms. The Morgan fingerprint density at radius 2 is 1.89 bits per heavy atom. The number of allylic oxidation sites excluding steroid dienone is 1. The van der Waals surface area contributed by atoms with E-state index in [9.17, 15) is 14.0 Å². The van der Waals surface area contributed by atoms with Gasteiger partial charge >= 0.3 is 5.97 Å². The van der Waals surface area contributed by atoms with Crippen molar-refractivity contribution in [2.24, 2.45) is 4.99 Å². The van der Waals surface area contributed by atoms with Gasteiger partial charge in [0.2, 0.25) is 0 Å². The second-order valence-corrected chi connectivity index (χ2v) is 13.3. The highest BCUT2D eigenvalue weighted by Crippen LogP contribution is 2.37. The lowest BCUT2D eigenvalue weighted by Crippen LogP contribution is -2.40. The van der Waals surface area contributed by atoms with Gasteiger partial charge in [0.15, 0.2) is 16.3 Å². The van der Waals surface area contributed by atoms with Gasteiger partial charge in [0.25, 0.3) is 5.56 Å². The van der Waals surface area contributed by atoms with Crippen molar-refractivity contribution in [3.8, 4) is 17.2 Å². The molecule has 0 aliphatic carbocycles. The van der Waals surface area contributed by atoms with Gasteiger partial charge < -0.3 is 18.9 Å². The molecule has 0 N–H and O–H groups in total. The number of nitrogens with zero attached hydrogens (tertiary/aromatic N) is 2. The Morgan fingerprint density at radius 3 is 2.59 bits per heavy atom. The average molecular weight is 775 g/mol. The lowest BCUT2D eigenvalue weighted by molar-refractivity contribution is -0.139. The van der Waals surface area contributed by atoms with Crippen LogP contribution < -0.4 is 29.1 Å². The molecule has 1 aromatic heterocycles. The van der Waals surface area contributed by atoms with E-state index in [1.165, 1.54) is 29.1 Å². The molecule has 240 valence electrons. The van der Waals surface area contributed by atoms with Crippen LogP contribution >= 0.6 is 43.2 Å². The Hall–Kier alpha value is -3.74. The van der Waals surface area contributed by atoms with Crippen LogP contribution in [0.5, 0.6) is 17.2 Å². The summed E-state index contributed by atoms with van der Waals surface area (Å²) >= 11 is 8.26. The molecule has 0 amide bonds. The van der Waals surface area contributed by atoms with E-state index in [-0.39, 0.29) is 36.3 Å². The zero-order valence-electron chi connectivity index (χ0n) is 25.7. The number of fused-ring (bicyclic) bond motifs is 1. The Kier molecular flexibility index (Phi) is 10.5. The third-order valence-corrected chi connectivity index (χ3v) is 9.07. The van der Waals surface area contributed by atoms with Crippen molar-refractivity contribution in [3.63, 3.8) is 0 Å². The molecule has 1 atom stereocenters. The molecule has 1 aliphatic rings. The van der Waals surface area contributed by atoms with E-state index in [1.54, 1.807) is 56.3 Å². The molecule has 8 nitrogen and oxygen atoms in total. The monoisotopic (exact) mass is 772 g/mol. The van der Waals surface area contributed by atoms with Gasteiger partial charge in [-0.3, -0.25) is 9.36 Å². The second kappa shape index (κ2) is 14.4. The first-order valence-corrected chi connectivity index (χ1v) is 16.8. The number of thiazole rings is 1. The van der Waals surface area contributed by atoms with Gasteiger partial charge in [0, 0.05) is 15.6 Å². The Morgan fingerprint density at radius 1 is 1.13 bits per heavy atom. The van der Waals surface area contributed by atoms with Gasteiger partial charge in [0.05, 0.1) is 46.1 Å². The minimum Gasteiger partial charge on any atom is -0.493 e. The first-order valence-electron chi connectivity index (χ1n) is 14.4. The van der Waals surface area contributed by atoms with Gasteiger partial charge in [-0.2, -0.15) is 0 Å². The number of esters is 1. The van der Waals surface area contributed by atoms with Gasteiger partial charge in [-0.1, -0.05) is 51.5 Å². The molecule has 4 aromatic rings. The first kappa shape index (κ1) is 33.6. The molecule has 0 unspecified atom stereocenters. The normalized spacial score (nSPS) is 14.6. The quantitative estimate of drug-likeness (QED) is 0.164. The summed E-state index contributed by atoms with van der Waals surface area (Å²) < 4.78 is 40.6. The van der Waals surface area contributed by atoms with Gasteiger partial charge in [-0.15, -0.1) is 0 Å². The summed E-state index contributed by atoms with van der Waals surface area (Å²) in [5, 5.41) is 0. The zero-order valence-corrected chi connectivity index (χ0v) is 29.7. The number of carbonyl (C=O) groups excluding carboxylic acids is 1. The van der Waals surface area contributed by atoms with Crippen LogP contribution in [-0.4, -0.2) is 30.4 Å². The van der Waals surface area contributed by atoms with Crippen molar-refractivity contribution in [3.05, 3.63) is 117 Å². The highest BCUT2D eigenvalue weighted by atomic mass is 79.9. The molecule has 2 heterocycles. The molecule has 0 radical (unpaired) electrons. The van der Waals surface area contributed by atoms with Crippen LogP contribution in [0.25, 0.3) is 6.08 Å². The minimum absolute atomic E-state index is 0.0184. The number of ether oxygens (including phenoxy) is 4. The molecule has 0 saturated carbocycles. The summed E-state index contributed by atoms with van der Waals surface area (Å²) in [5.74, 6) is 0.489. The maximum Gasteiger partial charge on any atom is 0.338 e. The van der Waals surface area contributed by atoms with Crippen molar-refractivity contribution in [2.45, 2.75) is 46.4 Å². The molecule has 0 bridgehead atoms. The fraction of sp³-hybridized carbons (Fsp3) is 0.265. The molecule has 5 rings (SSSR count). The van der Waals surface area contributed by atoms with Crippen molar-refractivity contribution in [1.82, 2.24) is 4.57 Å². The highest BCUT2D eigenvalue weighted by molar-refractivity contribution is 9.11. The Bertz CT molecular complexity index is 2020. The van der Waals surface area contributed by atoms with Crippen LogP contribution in [0, 0.1) is 5.82 Å². The summed E-state index contributed by atoms with van der Waals surface area (Å²) in [7, 11) is 1.53. The van der Waals surface area contributed by atoms with Crippen LogP contribution in [0.2, 0.25) is 0 Å². The third-order valence-electron chi connectivity index (χ3n) is 7.04. The third kappa shape index (κ3) is 6.98. The number of carbonyl (C=O) groups is 1. The van der Waals surface area contributed by atoms with Gasteiger partial charge in [-0.25, -0.2) is 14.2 Å². The number of methoxy groups -OCH3 is 1. The molecule has 3 aromatic carbocycles. The van der Waals surface area contributed by atoms with Crippen LogP contribution in [-0.2, 0) is 16.1 Å². The lowest BCUT2D eigenvalue weighted by atomic mass is 9.95. The average Bonchev–Trinajstić information content (AvgIpc) is 3.30. The number of halogens is 3. The SMILES string of the molecule is CCOC(=O)C1=C(C)N=c2s/c(=C/c3cc(Br)cc(Br)c3OCc3ccccc3F)c(=O)n2[C@H]1c1ccc(OC(C)C)c(OC)c1. The summed E-state index contributed by atoms with van der Waals surface area (Å²) in [6.45, 7) is 7.41. The predicted molar refractivity (Wildman–Crippen MR) is 182 cm³/mol. The summed E-state index contributed by atoms with van der Waals surface area (Å²) in [6, 6.07) is 14.5. The highest BCUT2D eigenvalue weighted by Gasteiger charge is 2.34. The van der Waals surface area contributed by atoms with E-state index >= 15 is 0 Å². The largest absolute Gasteiger partial charge is 0.493 e. The second-order valence-electron chi connectivity index (χ2n) is 10.6. The van der Waals surface area contributed by atoms with E-state index in [2.05, 4.69) is 36.9 Å². The van der Waals surface area contributed by atoms with E-state index in [4.69, 9.17) is 18.9 Å². The van der Waals surface area contributed by atoms with Crippen molar-refractivity contribution in [2.75, 3.05) is 13.7 Å². The standard InChI is InChI=1S/C34H31Br2FN2O6S/c1-6-43-33(41)29-19(4)38-34-39(30(29)20-11-12-26(45-18(2)3)27(14-20)42-5)32(40)28(46-34)15-22-13-23(35)16-24(36)31(22)44-17-21-9-7-8-10-25(21)37/h7-16,18,30H,6,17H2,1-5H3/b28-15+/t30-/m0/s1. The number of hydrogen-bond acceptors (Lipinski definition) is 8. The maximum atomic E-state index is 14.3. The topological polar surface area (TPSA) is 88.4 Å². The number of benzene rings is 3. The van der Waals surface area contributed by atoms with Crippen LogP contribution in [0.4, 0.5) is 4.39 Å². The van der Waals surface area contributed by atoms with Crippen molar-refractivity contribution in [1.29, 1.82) is 0 Å². The lowest BCUT2D eigenvalue weighted by Gasteiger charge is -2.25. The molecule has 1 aliphatic heterocycles. The maximum absolute atomic E-state index is 14.3. The van der Waals surface area contributed by atoms with Crippen LogP contribution in [0.3, 0.4) is 0 Å². The summed E-state index contributed by atoms with van der Waals surface area (Å²) in [6.07, 6.45) is 1.62. The summed E-state index contributed by atoms with van der Waals surface area (Å²) in [5.41, 5.74) is 1.93. The first-order chi connectivity index (χ1) is 22.0. The van der Waals surface area contributed by atoms with E-state index in [1.807, 2.05) is 26.0 Å². The van der Waals surface area contributed by atoms with Gasteiger partial charge in [-0.05, 0) is 85.6 Å². The fourth-order valence-electron chi connectivity index (χ4n) is 5.06. The van der Waals surface area contributed by atoms with E-state index in [0.29, 0.717) is 53.4 Å². The Balaban J connectivity index is 1.67. The van der Waals surface area contributed by atoms with Crippen LogP contribution in [0.1, 0.15) is 50.4 Å². The number of aromatic nitrogens is 1.